The van der Waals surface area contributed by atoms with Gasteiger partial charge in [-0.25, -0.2) is 0 Å². The van der Waals surface area contributed by atoms with Gasteiger partial charge in [-0.05, 0) is 51.1 Å². The lowest BCUT2D eigenvalue weighted by Crippen LogP contribution is -2.49. The Labute approximate surface area is 110 Å². The van der Waals surface area contributed by atoms with Crippen LogP contribution in [-0.2, 0) is 4.79 Å². The second-order valence-corrected chi connectivity index (χ2v) is 5.72. The topological polar surface area (TPSA) is 32.3 Å². The number of carbonyl (C=O) groups is 1. The molecular formula is C15H24N2O. The lowest BCUT2D eigenvalue weighted by Gasteiger charge is -2.39. The van der Waals surface area contributed by atoms with Gasteiger partial charge >= 0.3 is 0 Å². The molecule has 2 aliphatic rings. The summed E-state index contributed by atoms with van der Waals surface area (Å²) in [5, 5.41) is 3.34. The monoisotopic (exact) mass is 248 g/mol. The van der Waals surface area contributed by atoms with E-state index in [0.717, 1.165) is 38.9 Å². The molecule has 3 heteroatoms. The fraction of sp³-hybridized carbons (Fsp3) is 0.800. The van der Waals surface area contributed by atoms with Gasteiger partial charge in [0.25, 0.3) is 0 Å². The number of carbonyl (C=O) groups excluding carboxylic acids is 1. The van der Waals surface area contributed by atoms with Crippen molar-refractivity contribution in [2.24, 2.45) is 11.3 Å². The Bertz CT molecular complexity index is 335. The maximum absolute atomic E-state index is 12.8. The lowest BCUT2D eigenvalue weighted by atomic mass is 9.75. The predicted octanol–water partition coefficient (Wildman–Crippen LogP) is 1.64. The van der Waals surface area contributed by atoms with E-state index in [9.17, 15) is 4.79 Å². The number of terminal acetylenes is 1. The summed E-state index contributed by atoms with van der Waals surface area (Å²) in [6, 6.07) is 0. The number of hydrogen-bond donors (Lipinski definition) is 1. The summed E-state index contributed by atoms with van der Waals surface area (Å²) in [6.45, 7) is 5.39. The number of amides is 1. The normalized spacial score (nSPS) is 22.2. The third kappa shape index (κ3) is 2.87. The molecule has 1 aliphatic heterocycles. The zero-order valence-corrected chi connectivity index (χ0v) is 11.4. The maximum Gasteiger partial charge on any atom is 0.229 e. The zero-order valence-electron chi connectivity index (χ0n) is 11.4. The van der Waals surface area contributed by atoms with E-state index in [4.69, 9.17) is 6.42 Å². The molecule has 1 N–H and O–H groups in total. The van der Waals surface area contributed by atoms with Crippen molar-refractivity contribution in [3.8, 4) is 12.3 Å². The van der Waals surface area contributed by atoms with Crippen LogP contribution in [0.4, 0.5) is 0 Å². The van der Waals surface area contributed by atoms with E-state index in [1.807, 2.05) is 4.90 Å². The molecule has 2 fully saturated rings. The quantitative estimate of drug-likeness (QED) is 0.750. The minimum Gasteiger partial charge on any atom is -0.331 e. The van der Waals surface area contributed by atoms with Gasteiger partial charge in [0, 0.05) is 6.54 Å². The Morgan fingerprint density at radius 1 is 1.44 bits per heavy atom. The molecule has 2 rings (SSSR count). The van der Waals surface area contributed by atoms with Gasteiger partial charge in [0.2, 0.25) is 5.91 Å². The standard InChI is InChI=1S/C15H24N2O/c1-3-11-17(12-13-5-6-13)14(18)15(4-2)7-9-16-10-8-15/h1,13,16H,4-12H2,2H3. The summed E-state index contributed by atoms with van der Waals surface area (Å²) in [5.74, 6) is 3.66. The molecule has 0 radical (unpaired) electrons. The van der Waals surface area contributed by atoms with E-state index in [1.165, 1.54) is 12.8 Å². The summed E-state index contributed by atoms with van der Waals surface area (Å²) in [5.41, 5.74) is -0.156. The van der Waals surface area contributed by atoms with Crippen LogP contribution < -0.4 is 5.32 Å². The molecule has 0 bridgehead atoms. The first-order chi connectivity index (χ1) is 8.72. The van der Waals surface area contributed by atoms with E-state index in [0.29, 0.717) is 18.4 Å². The summed E-state index contributed by atoms with van der Waals surface area (Å²) >= 11 is 0. The second kappa shape index (κ2) is 5.75. The van der Waals surface area contributed by atoms with Gasteiger partial charge in [0.15, 0.2) is 0 Å². The molecule has 0 atom stereocenters. The van der Waals surface area contributed by atoms with Crippen LogP contribution in [0, 0.1) is 23.7 Å². The minimum atomic E-state index is -0.156. The van der Waals surface area contributed by atoms with Crippen molar-refractivity contribution in [1.29, 1.82) is 0 Å². The molecule has 100 valence electrons. The van der Waals surface area contributed by atoms with Crippen LogP contribution in [0.15, 0.2) is 0 Å². The summed E-state index contributed by atoms with van der Waals surface area (Å²) in [6.07, 6.45) is 10.8. The number of nitrogens with one attached hydrogen (secondary N) is 1. The Morgan fingerprint density at radius 2 is 2.11 bits per heavy atom. The third-order valence-electron chi connectivity index (χ3n) is 4.44. The van der Waals surface area contributed by atoms with E-state index < -0.39 is 0 Å². The fourth-order valence-corrected chi connectivity index (χ4v) is 2.90. The van der Waals surface area contributed by atoms with Gasteiger partial charge in [-0.1, -0.05) is 12.8 Å². The van der Waals surface area contributed by atoms with Crippen molar-refractivity contribution < 1.29 is 4.79 Å². The summed E-state index contributed by atoms with van der Waals surface area (Å²) in [7, 11) is 0. The van der Waals surface area contributed by atoms with Crippen molar-refractivity contribution in [3.05, 3.63) is 0 Å². The molecule has 0 unspecified atom stereocenters. The van der Waals surface area contributed by atoms with Crippen molar-refractivity contribution in [1.82, 2.24) is 10.2 Å². The average molecular weight is 248 g/mol. The van der Waals surface area contributed by atoms with Crippen molar-refractivity contribution in [2.75, 3.05) is 26.2 Å². The van der Waals surface area contributed by atoms with Crippen molar-refractivity contribution in [2.45, 2.75) is 39.0 Å². The summed E-state index contributed by atoms with van der Waals surface area (Å²) in [4.78, 5) is 14.7. The molecule has 1 saturated heterocycles. The largest absolute Gasteiger partial charge is 0.331 e. The van der Waals surface area contributed by atoms with Crippen LogP contribution in [0.25, 0.3) is 0 Å². The number of piperidine rings is 1. The third-order valence-corrected chi connectivity index (χ3v) is 4.44. The number of rotatable bonds is 5. The van der Waals surface area contributed by atoms with Gasteiger partial charge in [-0.3, -0.25) is 4.79 Å². The molecule has 0 spiro atoms. The van der Waals surface area contributed by atoms with Gasteiger partial charge in [0.1, 0.15) is 0 Å². The fourth-order valence-electron chi connectivity index (χ4n) is 2.90. The number of nitrogens with zero attached hydrogens (tertiary/aromatic N) is 1. The van der Waals surface area contributed by atoms with Crippen LogP contribution in [-0.4, -0.2) is 37.0 Å². The highest BCUT2D eigenvalue weighted by Gasteiger charge is 2.41. The van der Waals surface area contributed by atoms with Crippen molar-refractivity contribution in [3.63, 3.8) is 0 Å². The summed E-state index contributed by atoms with van der Waals surface area (Å²) < 4.78 is 0. The van der Waals surface area contributed by atoms with Crippen LogP contribution in [0.1, 0.15) is 39.0 Å². The molecule has 1 aliphatic carbocycles. The van der Waals surface area contributed by atoms with Gasteiger partial charge in [0.05, 0.1) is 12.0 Å². The van der Waals surface area contributed by atoms with Gasteiger partial charge in [-0.2, -0.15) is 0 Å². The van der Waals surface area contributed by atoms with Crippen LogP contribution in [0.5, 0.6) is 0 Å². The van der Waals surface area contributed by atoms with E-state index >= 15 is 0 Å². The average Bonchev–Trinajstić information content (AvgIpc) is 3.22. The molecule has 0 aromatic carbocycles. The first-order valence-corrected chi connectivity index (χ1v) is 7.15. The van der Waals surface area contributed by atoms with Crippen molar-refractivity contribution >= 4 is 5.91 Å². The molecular weight excluding hydrogens is 224 g/mol. The molecule has 1 heterocycles. The SMILES string of the molecule is C#CCN(CC1CC1)C(=O)C1(CC)CCNCC1. The molecule has 1 saturated carbocycles. The van der Waals surface area contributed by atoms with E-state index in [2.05, 4.69) is 18.2 Å². The first-order valence-electron chi connectivity index (χ1n) is 7.15. The Hall–Kier alpha value is -1.01. The van der Waals surface area contributed by atoms with E-state index in [1.54, 1.807) is 0 Å². The smallest absolute Gasteiger partial charge is 0.229 e. The molecule has 0 aromatic heterocycles. The number of hydrogen-bond acceptors (Lipinski definition) is 2. The highest BCUT2D eigenvalue weighted by Crippen LogP contribution is 2.36. The van der Waals surface area contributed by atoms with Crippen LogP contribution in [0.2, 0.25) is 0 Å². The van der Waals surface area contributed by atoms with Crippen LogP contribution >= 0.6 is 0 Å². The van der Waals surface area contributed by atoms with Crippen LogP contribution in [0.3, 0.4) is 0 Å². The van der Waals surface area contributed by atoms with Gasteiger partial charge in [-0.15, -0.1) is 6.42 Å². The molecule has 1 amide bonds. The molecule has 3 nitrogen and oxygen atoms in total. The molecule has 0 aromatic rings. The predicted molar refractivity (Wildman–Crippen MR) is 73.0 cm³/mol. The minimum absolute atomic E-state index is 0.156. The molecule has 18 heavy (non-hydrogen) atoms. The second-order valence-electron chi connectivity index (χ2n) is 5.72. The highest BCUT2D eigenvalue weighted by atomic mass is 16.2. The first kappa shape index (κ1) is 13.4. The van der Waals surface area contributed by atoms with E-state index in [-0.39, 0.29) is 5.41 Å². The Kier molecular flexibility index (Phi) is 4.29. The Balaban J connectivity index is 2.06. The van der Waals surface area contributed by atoms with Gasteiger partial charge < -0.3 is 10.2 Å². The highest BCUT2D eigenvalue weighted by molar-refractivity contribution is 5.83. The lowest BCUT2D eigenvalue weighted by molar-refractivity contribution is -0.143. The zero-order chi connectivity index (χ0) is 13.0. The maximum atomic E-state index is 12.8. The Morgan fingerprint density at radius 3 is 2.61 bits per heavy atom.